The Balaban J connectivity index is 2.24. The van der Waals surface area contributed by atoms with E-state index in [1.807, 2.05) is 0 Å². The molecule has 1 aromatic heterocycles. The Morgan fingerprint density at radius 1 is 1.14 bits per heavy atom. The molecule has 0 aliphatic rings. The molecule has 3 nitrogen and oxygen atoms in total. The summed E-state index contributed by atoms with van der Waals surface area (Å²) < 4.78 is 19.0. The first-order valence-electron chi connectivity index (χ1n) is 6.05. The summed E-state index contributed by atoms with van der Waals surface area (Å²) in [6.45, 7) is 0. The number of rotatable bonds is 2. The van der Waals surface area contributed by atoms with Gasteiger partial charge in [0.25, 0.3) is 0 Å². The van der Waals surface area contributed by atoms with Gasteiger partial charge in [-0.05, 0) is 46.3 Å². The molecule has 2 aromatic carbocycles. The van der Waals surface area contributed by atoms with Gasteiger partial charge in [0.05, 0.1) is 18.0 Å². The highest BCUT2D eigenvalue weighted by molar-refractivity contribution is 9.10. The number of nitrogens with zero attached hydrogens (tertiary/aromatic N) is 2. The van der Waals surface area contributed by atoms with Gasteiger partial charge in [0.1, 0.15) is 16.7 Å². The lowest BCUT2D eigenvalue weighted by molar-refractivity contribution is 0.415. The van der Waals surface area contributed by atoms with Gasteiger partial charge in [-0.2, -0.15) is 0 Å². The van der Waals surface area contributed by atoms with E-state index in [1.54, 1.807) is 31.4 Å². The summed E-state index contributed by atoms with van der Waals surface area (Å²) in [5.41, 5.74) is 1.35. The molecule has 3 aromatic rings. The van der Waals surface area contributed by atoms with Crippen LogP contribution in [-0.2, 0) is 0 Å². The van der Waals surface area contributed by atoms with Crippen molar-refractivity contribution in [3.05, 3.63) is 51.8 Å². The molecule has 6 heteroatoms. The Morgan fingerprint density at radius 2 is 1.86 bits per heavy atom. The zero-order chi connectivity index (χ0) is 15.0. The molecule has 0 saturated carbocycles. The third kappa shape index (κ3) is 2.71. The van der Waals surface area contributed by atoms with Crippen molar-refractivity contribution < 1.29 is 9.13 Å². The fraction of sp³-hybridized carbons (Fsp3) is 0.0667. The number of hydrogen-bond acceptors (Lipinski definition) is 3. The molecule has 0 amide bonds. The van der Waals surface area contributed by atoms with E-state index in [2.05, 4.69) is 25.9 Å². The Kier molecular flexibility index (Phi) is 3.78. The number of ether oxygens (including phenoxy) is 1. The summed E-state index contributed by atoms with van der Waals surface area (Å²) >= 11 is 9.68. The molecule has 0 bridgehead atoms. The second kappa shape index (κ2) is 5.58. The summed E-state index contributed by atoms with van der Waals surface area (Å²) in [5.74, 6) is 0.789. The van der Waals surface area contributed by atoms with Crippen LogP contribution in [0.4, 0.5) is 4.39 Å². The van der Waals surface area contributed by atoms with E-state index in [-0.39, 0.29) is 5.82 Å². The van der Waals surface area contributed by atoms with E-state index in [0.717, 1.165) is 4.47 Å². The van der Waals surface area contributed by atoms with Gasteiger partial charge in [0.15, 0.2) is 5.82 Å². The first-order valence-corrected chi connectivity index (χ1v) is 7.22. The lowest BCUT2D eigenvalue weighted by Crippen LogP contribution is -1.94. The quantitative estimate of drug-likeness (QED) is 0.607. The fourth-order valence-corrected chi connectivity index (χ4v) is 3.00. The Morgan fingerprint density at radius 3 is 2.52 bits per heavy atom. The molecular weight excluding hydrogens is 359 g/mol. The molecule has 0 aliphatic heterocycles. The fourth-order valence-electron chi connectivity index (χ4n) is 1.99. The van der Waals surface area contributed by atoms with E-state index in [9.17, 15) is 4.39 Å². The van der Waals surface area contributed by atoms with Crippen molar-refractivity contribution in [1.82, 2.24) is 9.97 Å². The molecule has 0 radical (unpaired) electrons. The van der Waals surface area contributed by atoms with Crippen LogP contribution in [0.2, 0.25) is 5.15 Å². The van der Waals surface area contributed by atoms with Crippen LogP contribution in [0.25, 0.3) is 22.3 Å². The number of benzene rings is 2. The van der Waals surface area contributed by atoms with Gasteiger partial charge in [-0.3, -0.25) is 0 Å². The van der Waals surface area contributed by atoms with Crippen LogP contribution in [0.5, 0.6) is 5.75 Å². The first-order chi connectivity index (χ1) is 10.1. The second-order valence-corrected chi connectivity index (χ2v) is 5.56. The summed E-state index contributed by atoms with van der Waals surface area (Å²) in [4.78, 5) is 8.76. The third-order valence-electron chi connectivity index (χ3n) is 3.02. The zero-order valence-electron chi connectivity index (χ0n) is 10.9. The zero-order valence-corrected chi connectivity index (χ0v) is 13.2. The maximum atomic E-state index is 13.0. The summed E-state index contributed by atoms with van der Waals surface area (Å²) in [7, 11) is 1.58. The van der Waals surface area contributed by atoms with E-state index in [0.29, 0.717) is 33.2 Å². The molecule has 0 unspecified atom stereocenters. The van der Waals surface area contributed by atoms with Crippen LogP contribution in [0.15, 0.2) is 40.9 Å². The summed E-state index contributed by atoms with van der Waals surface area (Å²) in [5, 5.41) is 1.04. The second-order valence-electron chi connectivity index (χ2n) is 4.35. The molecule has 1 heterocycles. The van der Waals surface area contributed by atoms with Crippen molar-refractivity contribution >= 4 is 38.4 Å². The minimum absolute atomic E-state index is 0.310. The molecule has 106 valence electrons. The van der Waals surface area contributed by atoms with Gasteiger partial charge >= 0.3 is 0 Å². The molecular formula is C15H9BrClFN2O. The predicted octanol–water partition coefficient (Wildman–Crippen LogP) is 4.86. The largest absolute Gasteiger partial charge is 0.497 e. The smallest absolute Gasteiger partial charge is 0.161 e. The van der Waals surface area contributed by atoms with Crippen LogP contribution < -0.4 is 4.74 Å². The van der Waals surface area contributed by atoms with Crippen molar-refractivity contribution in [1.29, 1.82) is 0 Å². The molecule has 0 saturated heterocycles. The van der Waals surface area contributed by atoms with Crippen molar-refractivity contribution in [3.8, 4) is 17.1 Å². The van der Waals surface area contributed by atoms with Gasteiger partial charge in [-0.25, -0.2) is 14.4 Å². The molecule has 3 rings (SSSR count). The maximum absolute atomic E-state index is 13.0. The van der Waals surface area contributed by atoms with Crippen molar-refractivity contribution in [2.45, 2.75) is 0 Å². The van der Waals surface area contributed by atoms with Crippen LogP contribution in [0.1, 0.15) is 0 Å². The van der Waals surface area contributed by atoms with Crippen molar-refractivity contribution in [2.75, 3.05) is 7.11 Å². The monoisotopic (exact) mass is 366 g/mol. The molecule has 0 atom stereocenters. The normalized spacial score (nSPS) is 10.9. The maximum Gasteiger partial charge on any atom is 0.161 e. The topological polar surface area (TPSA) is 35.0 Å². The number of hydrogen-bond donors (Lipinski definition) is 0. The third-order valence-corrected chi connectivity index (χ3v) is 3.92. The summed E-state index contributed by atoms with van der Waals surface area (Å²) in [6.07, 6.45) is 0. The number of halogens is 3. The lowest BCUT2D eigenvalue weighted by atomic mass is 10.2. The first kappa shape index (κ1) is 14.2. The minimum Gasteiger partial charge on any atom is -0.497 e. The summed E-state index contributed by atoms with van der Waals surface area (Å²) in [6, 6.07) is 9.52. The van der Waals surface area contributed by atoms with Gasteiger partial charge in [-0.1, -0.05) is 11.6 Å². The molecule has 0 N–H and O–H groups in total. The van der Waals surface area contributed by atoms with E-state index in [4.69, 9.17) is 16.3 Å². The van der Waals surface area contributed by atoms with E-state index < -0.39 is 0 Å². The van der Waals surface area contributed by atoms with Gasteiger partial charge in [-0.15, -0.1) is 0 Å². The molecule has 0 aliphatic carbocycles. The standard InChI is InChI=1S/C15H9BrClFN2O/c1-21-10-6-11(16)13-12(7-10)19-15(20-14(13)17)8-2-4-9(18)5-3-8/h2-7H,1H3. The van der Waals surface area contributed by atoms with Crippen LogP contribution in [0.3, 0.4) is 0 Å². The molecule has 0 spiro atoms. The predicted molar refractivity (Wildman–Crippen MR) is 84.2 cm³/mol. The van der Waals surface area contributed by atoms with Crippen LogP contribution >= 0.6 is 27.5 Å². The Hall–Kier alpha value is -1.72. The number of fused-ring (bicyclic) bond motifs is 1. The minimum atomic E-state index is -0.310. The number of aromatic nitrogens is 2. The molecule has 0 fully saturated rings. The number of methoxy groups -OCH3 is 1. The Bertz CT molecular complexity index is 824. The lowest BCUT2D eigenvalue weighted by Gasteiger charge is -2.08. The van der Waals surface area contributed by atoms with E-state index in [1.165, 1.54) is 12.1 Å². The average molecular weight is 368 g/mol. The highest BCUT2D eigenvalue weighted by atomic mass is 79.9. The van der Waals surface area contributed by atoms with E-state index >= 15 is 0 Å². The van der Waals surface area contributed by atoms with Crippen LogP contribution in [-0.4, -0.2) is 17.1 Å². The van der Waals surface area contributed by atoms with Gasteiger partial charge in [0.2, 0.25) is 0 Å². The SMILES string of the molecule is COc1cc(Br)c2c(Cl)nc(-c3ccc(F)cc3)nc2c1. The molecule has 21 heavy (non-hydrogen) atoms. The highest BCUT2D eigenvalue weighted by Crippen LogP contribution is 2.34. The van der Waals surface area contributed by atoms with Gasteiger partial charge < -0.3 is 4.74 Å². The van der Waals surface area contributed by atoms with Crippen molar-refractivity contribution in [3.63, 3.8) is 0 Å². The Labute approximate surface area is 133 Å². The van der Waals surface area contributed by atoms with Gasteiger partial charge in [0, 0.05) is 16.1 Å². The van der Waals surface area contributed by atoms with Crippen LogP contribution in [0, 0.1) is 5.82 Å². The van der Waals surface area contributed by atoms with Crippen molar-refractivity contribution in [2.24, 2.45) is 0 Å². The average Bonchev–Trinajstić information content (AvgIpc) is 2.46. The highest BCUT2D eigenvalue weighted by Gasteiger charge is 2.12.